The lowest BCUT2D eigenvalue weighted by molar-refractivity contribution is 0.538. The van der Waals surface area contributed by atoms with E-state index in [1.54, 1.807) is 0 Å². The number of fused-ring (bicyclic) bond motifs is 1. The molecule has 198 valence electrons. The average Bonchev–Trinajstić information content (AvgIpc) is 3.33. The number of nitrogen functional groups attached to an aromatic ring is 1. The monoisotopic (exact) mass is 511 g/mol. The van der Waals surface area contributed by atoms with Gasteiger partial charge in [0.2, 0.25) is 0 Å². The van der Waals surface area contributed by atoms with Crippen LogP contribution in [0.15, 0.2) is 58.8 Å². The lowest BCUT2D eigenvalue weighted by atomic mass is 9.90. The maximum absolute atomic E-state index is 8.88. The van der Waals surface area contributed by atoms with Crippen molar-refractivity contribution < 1.29 is 4.42 Å². The summed E-state index contributed by atoms with van der Waals surface area (Å²) in [5.74, 6) is 0.905. The number of aromatic nitrogens is 3. The first-order valence-corrected chi connectivity index (χ1v) is 13.3. The van der Waals surface area contributed by atoms with Crippen LogP contribution in [0.3, 0.4) is 0 Å². The van der Waals surface area contributed by atoms with Crippen LogP contribution in [0.25, 0.3) is 11.1 Å². The van der Waals surface area contributed by atoms with E-state index in [1.807, 2.05) is 58.0 Å². The van der Waals surface area contributed by atoms with E-state index < -0.39 is 0 Å². The van der Waals surface area contributed by atoms with E-state index in [2.05, 4.69) is 44.7 Å². The lowest BCUT2D eigenvalue weighted by Crippen LogP contribution is -2.25. The molecule has 2 aromatic heterocycles. The molecular weight excluding hydrogens is 474 g/mol. The zero-order valence-electron chi connectivity index (χ0n) is 22.9. The summed E-state index contributed by atoms with van der Waals surface area (Å²) >= 11 is 0. The van der Waals surface area contributed by atoms with E-state index in [0.717, 1.165) is 53.6 Å². The van der Waals surface area contributed by atoms with Gasteiger partial charge in [0.15, 0.2) is 5.58 Å². The van der Waals surface area contributed by atoms with Crippen molar-refractivity contribution in [2.45, 2.75) is 66.3 Å². The van der Waals surface area contributed by atoms with Crippen molar-refractivity contribution in [3.63, 3.8) is 0 Å². The predicted octanol–water partition coefficient (Wildman–Crippen LogP) is 7.30. The van der Waals surface area contributed by atoms with E-state index in [-0.39, 0.29) is 5.71 Å². The Kier molecular flexibility index (Phi) is 8.41. The van der Waals surface area contributed by atoms with Gasteiger partial charge in [-0.3, -0.25) is 5.41 Å². The van der Waals surface area contributed by atoms with Crippen LogP contribution >= 0.6 is 0 Å². The zero-order valence-corrected chi connectivity index (χ0v) is 22.9. The van der Waals surface area contributed by atoms with Crippen molar-refractivity contribution in [2.75, 3.05) is 16.4 Å². The third-order valence-electron chi connectivity index (χ3n) is 6.75. The largest absolute Gasteiger partial charge is 0.423 e. The average molecular weight is 512 g/mol. The summed E-state index contributed by atoms with van der Waals surface area (Å²) in [5, 5.41) is 15.6. The minimum absolute atomic E-state index is 0.278. The molecule has 0 unspecified atom stereocenters. The number of nitrogens with zero attached hydrogens (tertiary/aromatic N) is 3. The second-order valence-electron chi connectivity index (χ2n) is 9.37. The topological polar surface area (TPSA) is 126 Å². The number of aryl methyl sites for hydroxylation is 2. The number of hydrogen-bond donors (Lipinski definition) is 4. The molecule has 2 aromatic carbocycles. The van der Waals surface area contributed by atoms with E-state index in [4.69, 9.17) is 15.6 Å². The molecule has 0 atom stereocenters. The Balaban J connectivity index is 0.00000164. The fourth-order valence-electron chi connectivity index (χ4n) is 4.79. The summed E-state index contributed by atoms with van der Waals surface area (Å²) in [7, 11) is 0. The van der Waals surface area contributed by atoms with Gasteiger partial charge >= 0.3 is 0 Å². The zero-order chi connectivity index (χ0) is 27.2. The molecule has 4 aromatic rings. The second kappa shape index (κ2) is 11.9. The molecule has 0 bridgehead atoms. The number of nitrogens with two attached hydrogens (primary N) is 1. The van der Waals surface area contributed by atoms with Gasteiger partial charge in [0, 0.05) is 17.3 Å². The minimum Gasteiger partial charge on any atom is -0.423 e. The molecule has 5 N–H and O–H groups in total. The summed E-state index contributed by atoms with van der Waals surface area (Å²) in [6, 6.07) is 12.3. The first-order valence-electron chi connectivity index (χ1n) is 13.3. The first kappa shape index (κ1) is 26.9. The molecule has 0 spiro atoms. The summed E-state index contributed by atoms with van der Waals surface area (Å²) in [6.45, 7) is 10.2. The number of rotatable bonds is 6. The molecule has 1 aliphatic rings. The van der Waals surface area contributed by atoms with Gasteiger partial charge < -0.3 is 20.8 Å². The van der Waals surface area contributed by atoms with Crippen molar-refractivity contribution >= 4 is 40.1 Å². The number of allylic oxidation sites excluding steroid dienone is 2. The van der Waals surface area contributed by atoms with Crippen molar-refractivity contribution in [2.24, 2.45) is 0 Å². The van der Waals surface area contributed by atoms with Gasteiger partial charge in [-0.05, 0) is 75.8 Å². The molecule has 1 fully saturated rings. The predicted molar refractivity (Wildman–Crippen MR) is 157 cm³/mol. The fourth-order valence-corrected chi connectivity index (χ4v) is 4.79. The van der Waals surface area contributed by atoms with Gasteiger partial charge in [-0.25, -0.2) is 9.97 Å². The molecule has 0 aliphatic heterocycles. The molecule has 1 saturated carbocycles. The standard InChI is InChI=1S/C28H31N7O.C2H6/c1-4-18-5-9-20(10-6-18)33-27-23(26(30)31-15-32-27)24(29)19-7-11-21(12-8-19)34-28-35-22-14-16(2)13-17(3)25(22)36-28;1-2/h4,7-8,11-15,20,29H,5-6,9-10H2,1-3H3,(H,34,35)(H3,30,31,32,33);1-2H3. The summed E-state index contributed by atoms with van der Waals surface area (Å²) in [4.78, 5) is 13.2. The van der Waals surface area contributed by atoms with E-state index in [1.165, 1.54) is 11.9 Å². The summed E-state index contributed by atoms with van der Waals surface area (Å²) in [6.07, 6.45) is 7.89. The van der Waals surface area contributed by atoms with Crippen LogP contribution in [0, 0.1) is 19.3 Å². The molecule has 38 heavy (non-hydrogen) atoms. The van der Waals surface area contributed by atoms with Gasteiger partial charge in [-0.15, -0.1) is 0 Å². The van der Waals surface area contributed by atoms with E-state index in [9.17, 15) is 0 Å². The highest BCUT2D eigenvalue weighted by Gasteiger charge is 2.21. The van der Waals surface area contributed by atoms with Crippen LogP contribution in [-0.2, 0) is 0 Å². The highest BCUT2D eigenvalue weighted by Crippen LogP contribution is 2.29. The van der Waals surface area contributed by atoms with Crippen LogP contribution < -0.4 is 16.4 Å². The minimum atomic E-state index is 0.278. The number of oxazole rings is 1. The summed E-state index contributed by atoms with van der Waals surface area (Å²) in [5.41, 5.74) is 13.9. The van der Waals surface area contributed by atoms with Crippen molar-refractivity contribution in [1.82, 2.24) is 15.0 Å². The van der Waals surface area contributed by atoms with Crippen molar-refractivity contribution in [1.29, 1.82) is 5.41 Å². The van der Waals surface area contributed by atoms with Gasteiger partial charge in [0.25, 0.3) is 6.01 Å². The van der Waals surface area contributed by atoms with Gasteiger partial charge in [-0.2, -0.15) is 4.98 Å². The maximum atomic E-state index is 8.88. The molecule has 0 saturated heterocycles. The van der Waals surface area contributed by atoms with Crippen LogP contribution in [0.4, 0.5) is 23.3 Å². The molecule has 0 radical (unpaired) electrons. The third-order valence-corrected chi connectivity index (χ3v) is 6.75. The van der Waals surface area contributed by atoms with Crippen LogP contribution in [0.2, 0.25) is 0 Å². The Hall–Kier alpha value is -4.20. The Morgan fingerprint density at radius 1 is 1.08 bits per heavy atom. The van der Waals surface area contributed by atoms with Crippen molar-refractivity contribution in [3.05, 3.63) is 76.6 Å². The number of anilines is 4. The van der Waals surface area contributed by atoms with Gasteiger partial charge in [-0.1, -0.05) is 43.7 Å². The number of nitrogens with one attached hydrogen (secondary N) is 3. The smallest absolute Gasteiger partial charge is 0.300 e. The van der Waals surface area contributed by atoms with E-state index >= 15 is 0 Å². The maximum Gasteiger partial charge on any atom is 0.300 e. The third kappa shape index (κ3) is 5.85. The SMILES string of the molecule is CC.CC=C1CCC(Nc2ncnc(N)c2C(=N)c2ccc(Nc3nc4cc(C)cc(C)c4o3)cc2)CC1. The first-order chi connectivity index (χ1) is 18.4. The Morgan fingerprint density at radius 3 is 2.47 bits per heavy atom. The quantitative estimate of drug-likeness (QED) is 0.158. The highest BCUT2D eigenvalue weighted by molar-refractivity contribution is 6.16. The molecule has 2 heterocycles. The van der Waals surface area contributed by atoms with E-state index in [0.29, 0.717) is 34.8 Å². The molecule has 1 aliphatic carbocycles. The number of hydrogen-bond acceptors (Lipinski definition) is 8. The molecule has 0 amide bonds. The van der Waals surface area contributed by atoms with Crippen LogP contribution in [0.1, 0.15) is 68.7 Å². The number of benzene rings is 2. The Morgan fingerprint density at radius 2 is 1.79 bits per heavy atom. The van der Waals surface area contributed by atoms with Crippen LogP contribution in [-0.4, -0.2) is 26.7 Å². The highest BCUT2D eigenvalue weighted by atomic mass is 16.4. The Bertz CT molecular complexity index is 1440. The molecule has 5 rings (SSSR count). The van der Waals surface area contributed by atoms with Crippen LogP contribution in [0.5, 0.6) is 0 Å². The summed E-state index contributed by atoms with van der Waals surface area (Å²) < 4.78 is 5.91. The van der Waals surface area contributed by atoms with Crippen molar-refractivity contribution in [3.8, 4) is 0 Å². The molecular formula is C30H37N7O. The van der Waals surface area contributed by atoms with Gasteiger partial charge in [0.05, 0.1) is 11.3 Å². The molecule has 8 heteroatoms. The second-order valence-corrected chi connectivity index (χ2v) is 9.37. The normalized spacial score (nSPS) is 15.0. The molecule has 8 nitrogen and oxygen atoms in total. The Labute approximate surface area is 224 Å². The fraction of sp³-hybridized carbons (Fsp3) is 0.333. The van der Waals surface area contributed by atoms with Gasteiger partial charge in [0.1, 0.15) is 23.5 Å². The lowest BCUT2D eigenvalue weighted by Gasteiger charge is -2.26.